The summed E-state index contributed by atoms with van der Waals surface area (Å²) in [6.45, 7) is 3.96. The van der Waals surface area contributed by atoms with Gasteiger partial charge in [-0.2, -0.15) is 0 Å². The minimum absolute atomic E-state index is 0.0283. The van der Waals surface area contributed by atoms with E-state index in [1.54, 1.807) is 24.3 Å². The van der Waals surface area contributed by atoms with Gasteiger partial charge in [0, 0.05) is 55.3 Å². The van der Waals surface area contributed by atoms with Crippen molar-refractivity contribution in [2.45, 2.75) is 31.7 Å². The van der Waals surface area contributed by atoms with Gasteiger partial charge in [-0.25, -0.2) is 0 Å². The van der Waals surface area contributed by atoms with Crippen molar-refractivity contribution in [2.24, 2.45) is 5.92 Å². The van der Waals surface area contributed by atoms with Crippen molar-refractivity contribution in [3.63, 3.8) is 0 Å². The summed E-state index contributed by atoms with van der Waals surface area (Å²) in [5.74, 6) is 0.189. The van der Waals surface area contributed by atoms with Crippen LogP contribution in [0.4, 0.5) is 0 Å². The average Bonchev–Trinajstić information content (AvgIpc) is 2.79. The maximum Gasteiger partial charge on any atom is 0.253 e. The number of nitrogens with zero attached hydrogens (tertiary/aromatic N) is 3. The standard InChI is InChI=1S/C22H28ClN3O4/c23-18-3-1-2-17(14-18)22(29)24-8-4-16(5-9-24)21(28)25-10-6-19(7-11-25)26-12-13-30-15-20(26)27/h1-3,14,16,19H,4-13,15H2. The van der Waals surface area contributed by atoms with Gasteiger partial charge in [0.05, 0.1) is 6.61 Å². The molecular weight excluding hydrogens is 406 g/mol. The summed E-state index contributed by atoms with van der Waals surface area (Å²) in [6.07, 6.45) is 3.02. The van der Waals surface area contributed by atoms with Crippen LogP contribution in [0.5, 0.6) is 0 Å². The first-order valence-corrected chi connectivity index (χ1v) is 11.1. The van der Waals surface area contributed by atoms with Crippen LogP contribution in [0.3, 0.4) is 0 Å². The third kappa shape index (κ3) is 4.62. The molecule has 3 saturated heterocycles. The number of halogens is 1. The van der Waals surface area contributed by atoms with Crippen LogP contribution in [0.25, 0.3) is 0 Å². The number of piperidine rings is 2. The number of rotatable bonds is 3. The number of hydrogen-bond donors (Lipinski definition) is 0. The SMILES string of the molecule is O=C(c1cccc(Cl)c1)N1CCC(C(=O)N2CCC(N3CCOCC3=O)CC2)CC1. The largest absolute Gasteiger partial charge is 0.370 e. The molecule has 0 unspecified atom stereocenters. The lowest BCUT2D eigenvalue weighted by Gasteiger charge is -2.41. The first-order valence-electron chi connectivity index (χ1n) is 10.7. The molecule has 4 rings (SSSR count). The summed E-state index contributed by atoms with van der Waals surface area (Å²) >= 11 is 6.00. The highest BCUT2D eigenvalue weighted by atomic mass is 35.5. The van der Waals surface area contributed by atoms with Crippen LogP contribution in [0.1, 0.15) is 36.0 Å². The monoisotopic (exact) mass is 433 g/mol. The van der Waals surface area contributed by atoms with E-state index in [9.17, 15) is 14.4 Å². The number of ether oxygens (including phenoxy) is 1. The van der Waals surface area contributed by atoms with Gasteiger partial charge >= 0.3 is 0 Å². The Kier molecular flexibility index (Phi) is 6.58. The van der Waals surface area contributed by atoms with Crippen LogP contribution in [-0.4, -0.2) is 84.4 Å². The van der Waals surface area contributed by atoms with Crippen LogP contribution in [0, 0.1) is 5.92 Å². The maximum absolute atomic E-state index is 13.0. The van der Waals surface area contributed by atoms with Gasteiger partial charge < -0.3 is 19.4 Å². The number of benzene rings is 1. The molecule has 0 aromatic heterocycles. The lowest BCUT2D eigenvalue weighted by Crippen LogP contribution is -2.53. The Bertz CT molecular complexity index is 801. The van der Waals surface area contributed by atoms with Crippen LogP contribution >= 0.6 is 11.6 Å². The topological polar surface area (TPSA) is 70.2 Å². The molecular formula is C22H28ClN3O4. The molecule has 3 aliphatic rings. The van der Waals surface area contributed by atoms with Gasteiger partial charge in [0.15, 0.2) is 0 Å². The van der Waals surface area contributed by atoms with Gasteiger partial charge in [0.1, 0.15) is 6.61 Å². The number of carbonyl (C=O) groups is 3. The van der Waals surface area contributed by atoms with Gasteiger partial charge in [-0.15, -0.1) is 0 Å². The second-order valence-corrected chi connectivity index (χ2v) is 8.71. The van der Waals surface area contributed by atoms with E-state index in [4.69, 9.17) is 16.3 Å². The average molecular weight is 434 g/mol. The highest BCUT2D eigenvalue weighted by molar-refractivity contribution is 6.30. The van der Waals surface area contributed by atoms with Crippen molar-refractivity contribution in [2.75, 3.05) is 45.9 Å². The van der Waals surface area contributed by atoms with Gasteiger partial charge in [-0.1, -0.05) is 17.7 Å². The van der Waals surface area contributed by atoms with E-state index in [2.05, 4.69) is 0 Å². The quantitative estimate of drug-likeness (QED) is 0.731. The Balaban J connectivity index is 1.26. The van der Waals surface area contributed by atoms with Crippen molar-refractivity contribution >= 4 is 29.3 Å². The van der Waals surface area contributed by atoms with Crippen molar-refractivity contribution < 1.29 is 19.1 Å². The molecule has 0 spiro atoms. The molecule has 1 aromatic rings. The van der Waals surface area contributed by atoms with Gasteiger partial charge in [0.2, 0.25) is 11.8 Å². The van der Waals surface area contributed by atoms with E-state index in [-0.39, 0.29) is 36.3 Å². The molecule has 30 heavy (non-hydrogen) atoms. The Morgan fingerprint density at radius 1 is 0.967 bits per heavy atom. The van der Waals surface area contributed by atoms with Crippen molar-refractivity contribution in [1.29, 1.82) is 0 Å². The number of morpholine rings is 1. The highest BCUT2D eigenvalue weighted by Crippen LogP contribution is 2.25. The van der Waals surface area contributed by atoms with Crippen LogP contribution in [0.2, 0.25) is 5.02 Å². The minimum Gasteiger partial charge on any atom is -0.370 e. The highest BCUT2D eigenvalue weighted by Gasteiger charge is 2.35. The zero-order valence-electron chi connectivity index (χ0n) is 17.1. The Morgan fingerprint density at radius 2 is 1.67 bits per heavy atom. The van der Waals surface area contributed by atoms with E-state index in [1.807, 2.05) is 14.7 Å². The van der Waals surface area contributed by atoms with Crippen LogP contribution < -0.4 is 0 Å². The molecule has 0 aliphatic carbocycles. The first kappa shape index (κ1) is 21.1. The second-order valence-electron chi connectivity index (χ2n) is 8.27. The lowest BCUT2D eigenvalue weighted by molar-refractivity contribution is -0.148. The molecule has 3 fully saturated rings. The van der Waals surface area contributed by atoms with Crippen molar-refractivity contribution in [3.05, 3.63) is 34.9 Å². The van der Waals surface area contributed by atoms with Gasteiger partial charge in [-0.3, -0.25) is 14.4 Å². The number of hydrogen-bond acceptors (Lipinski definition) is 4. The smallest absolute Gasteiger partial charge is 0.253 e. The van der Waals surface area contributed by atoms with E-state index < -0.39 is 0 Å². The molecule has 3 aliphatic heterocycles. The molecule has 0 N–H and O–H groups in total. The third-order valence-electron chi connectivity index (χ3n) is 6.44. The number of carbonyl (C=O) groups excluding carboxylic acids is 3. The normalized spacial score (nSPS) is 21.8. The summed E-state index contributed by atoms with van der Waals surface area (Å²) in [6, 6.07) is 7.20. The van der Waals surface area contributed by atoms with Crippen LogP contribution in [0.15, 0.2) is 24.3 Å². The first-order chi connectivity index (χ1) is 14.5. The lowest BCUT2D eigenvalue weighted by atomic mass is 9.93. The van der Waals surface area contributed by atoms with Gasteiger partial charge in [0.25, 0.3) is 5.91 Å². The fraction of sp³-hybridized carbons (Fsp3) is 0.591. The Morgan fingerprint density at radius 3 is 2.33 bits per heavy atom. The Hall–Kier alpha value is -2.12. The molecule has 162 valence electrons. The molecule has 0 bridgehead atoms. The fourth-order valence-corrected chi connectivity index (χ4v) is 4.90. The Labute approximate surface area is 181 Å². The molecule has 0 saturated carbocycles. The summed E-state index contributed by atoms with van der Waals surface area (Å²) in [5.41, 5.74) is 0.590. The molecule has 1 aromatic carbocycles. The summed E-state index contributed by atoms with van der Waals surface area (Å²) < 4.78 is 5.21. The fourth-order valence-electron chi connectivity index (χ4n) is 4.71. The molecule has 0 radical (unpaired) electrons. The van der Waals surface area contributed by atoms with Crippen molar-refractivity contribution in [3.8, 4) is 0 Å². The maximum atomic E-state index is 13.0. The molecule has 3 heterocycles. The molecule has 7 nitrogen and oxygen atoms in total. The minimum atomic E-state index is -0.0324. The van der Waals surface area contributed by atoms with Crippen molar-refractivity contribution in [1.82, 2.24) is 14.7 Å². The molecule has 8 heteroatoms. The summed E-state index contributed by atoms with van der Waals surface area (Å²) in [7, 11) is 0. The predicted molar refractivity (Wildman–Crippen MR) is 112 cm³/mol. The summed E-state index contributed by atoms with van der Waals surface area (Å²) in [4.78, 5) is 43.4. The van der Waals surface area contributed by atoms with Crippen LogP contribution in [-0.2, 0) is 14.3 Å². The van der Waals surface area contributed by atoms with Gasteiger partial charge in [-0.05, 0) is 43.9 Å². The zero-order chi connectivity index (χ0) is 21.1. The van der Waals surface area contributed by atoms with E-state index in [1.165, 1.54) is 0 Å². The number of likely N-dealkylation sites (tertiary alicyclic amines) is 2. The third-order valence-corrected chi connectivity index (χ3v) is 6.68. The van der Waals surface area contributed by atoms with E-state index >= 15 is 0 Å². The van der Waals surface area contributed by atoms with E-state index in [0.717, 1.165) is 12.8 Å². The number of amides is 3. The molecule has 3 amide bonds. The zero-order valence-corrected chi connectivity index (χ0v) is 17.9. The predicted octanol–water partition coefficient (Wildman–Crippen LogP) is 2.04. The van der Waals surface area contributed by atoms with E-state index in [0.29, 0.717) is 62.8 Å². The molecule has 0 atom stereocenters. The second kappa shape index (κ2) is 9.35. The summed E-state index contributed by atoms with van der Waals surface area (Å²) in [5, 5.41) is 0.549.